The summed E-state index contributed by atoms with van der Waals surface area (Å²) < 4.78 is 15.8. The number of aliphatic carboxylic acids is 1. The molecule has 3 aromatic rings. The predicted octanol–water partition coefficient (Wildman–Crippen LogP) is 4.14. The highest BCUT2D eigenvalue weighted by Gasteiger charge is 2.17. The summed E-state index contributed by atoms with van der Waals surface area (Å²) in [5.41, 5.74) is 1.12. The van der Waals surface area contributed by atoms with Crippen LogP contribution in [0, 0.1) is 6.92 Å². The van der Waals surface area contributed by atoms with Gasteiger partial charge in [-0.1, -0.05) is 5.16 Å². The first-order valence-electron chi connectivity index (χ1n) is 8.05. The molecule has 0 radical (unpaired) electrons. The number of thiophene rings is 1. The van der Waals surface area contributed by atoms with Crippen LogP contribution in [0.4, 0.5) is 0 Å². The topological polar surface area (TPSA) is 94.7 Å². The zero-order chi connectivity index (χ0) is 19.4. The Hall–Kier alpha value is -3.13. The van der Waals surface area contributed by atoms with Crippen molar-refractivity contribution in [3.8, 4) is 22.9 Å². The van der Waals surface area contributed by atoms with Crippen LogP contribution in [0.2, 0.25) is 0 Å². The summed E-state index contributed by atoms with van der Waals surface area (Å²) in [6, 6.07) is 9.15. The highest BCUT2D eigenvalue weighted by molar-refractivity contribution is 7.12. The molecule has 2 heterocycles. The predicted molar refractivity (Wildman–Crippen MR) is 102 cm³/mol. The molecule has 140 valence electrons. The van der Waals surface area contributed by atoms with E-state index in [1.807, 2.05) is 19.1 Å². The van der Waals surface area contributed by atoms with E-state index < -0.39 is 5.97 Å². The molecule has 0 saturated carbocycles. The molecule has 3 rings (SSSR count). The maximum atomic E-state index is 11.3. The third-order valence-electron chi connectivity index (χ3n) is 3.76. The van der Waals surface area contributed by atoms with Gasteiger partial charge in [0.2, 0.25) is 5.82 Å². The molecule has 0 bridgehead atoms. The van der Waals surface area contributed by atoms with E-state index in [1.54, 1.807) is 49.8 Å². The van der Waals surface area contributed by atoms with Crippen molar-refractivity contribution in [2.75, 3.05) is 14.2 Å². The molecule has 0 spiro atoms. The molecule has 0 unspecified atom stereocenters. The monoisotopic (exact) mass is 386 g/mol. The zero-order valence-corrected chi connectivity index (χ0v) is 15.9. The fourth-order valence-corrected chi connectivity index (χ4v) is 3.35. The molecule has 1 aromatic carbocycles. The van der Waals surface area contributed by atoms with Crippen molar-refractivity contribution in [3.63, 3.8) is 0 Å². The highest BCUT2D eigenvalue weighted by Crippen LogP contribution is 2.32. The lowest BCUT2D eigenvalue weighted by Gasteiger charge is -2.07. The number of carboxylic acid groups (broad SMARTS) is 1. The fourth-order valence-electron chi connectivity index (χ4n) is 2.50. The minimum Gasteiger partial charge on any atom is -0.493 e. The normalized spacial score (nSPS) is 11.4. The number of ether oxygens (including phenoxy) is 2. The molecule has 0 fully saturated rings. The Labute approximate surface area is 159 Å². The smallest absolute Gasteiger partial charge is 0.308 e. The third kappa shape index (κ3) is 4.35. The minimum atomic E-state index is -0.972. The van der Waals surface area contributed by atoms with E-state index in [-0.39, 0.29) is 12.3 Å². The van der Waals surface area contributed by atoms with E-state index in [9.17, 15) is 9.90 Å². The van der Waals surface area contributed by atoms with Crippen molar-refractivity contribution in [1.29, 1.82) is 0 Å². The zero-order valence-electron chi connectivity index (χ0n) is 15.1. The van der Waals surface area contributed by atoms with Gasteiger partial charge in [0.1, 0.15) is 0 Å². The van der Waals surface area contributed by atoms with Crippen LogP contribution in [0.5, 0.6) is 11.5 Å². The standard InChI is InChI=1S/C19H18N2O5S/c1-11-4-6-14(27-11)8-13(10-17(22)23)19-20-18(21-26-19)12-5-7-15(24-2)16(9-12)25-3/h4-9H,10H2,1-3H3,(H,22,23)/b13-8+. The Kier molecular flexibility index (Phi) is 5.56. The van der Waals surface area contributed by atoms with Crippen LogP contribution in [0.25, 0.3) is 23.0 Å². The van der Waals surface area contributed by atoms with E-state index in [0.717, 1.165) is 9.75 Å². The largest absolute Gasteiger partial charge is 0.493 e. The van der Waals surface area contributed by atoms with Gasteiger partial charge in [-0.05, 0) is 43.3 Å². The number of hydrogen-bond acceptors (Lipinski definition) is 7. The lowest BCUT2D eigenvalue weighted by Crippen LogP contribution is -1.97. The number of nitrogens with zero attached hydrogens (tertiary/aromatic N) is 2. The number of aryl methyl sites for hydroxylation is 1. The van der Waals surface area contributed by atoms with Gasteiger partial charge in [0.05, 0.1) is 20.6 Å². The summed E-state index contributed by atoms with van der Waals surface area (Å²) in [7, 11) is 3.10. The van der Waals surface area contributed by atoms with Crippen LogP contribution >= 0.6 is 11.3 Å². The van der Waals surface area contributed by atoms with Crippen molar-refractivity contribution in [1.82, 2.24) is 10.1 Å². The van der Waals surface area contributed by atoms with E-state index in [1.165, 1.54) is 0 Å². The number of carboxylic acids is 1. The van der Waals surface area contributed by atoms with Crippen LogP contribution in [0.1, 0.15) is 22.1 Å². The Morgan fingerprint density at radius 3 is 2.63 bits per heavy atom. The van der Waals surface area contributed by atoms with Crippen molar-refractivity contribution < 1.29 is 23.9 Å². The Balaban J connectivity index is 1.96. The molecule has 2 aromatic heterocycles. The van der Waals surface area contributed by atoms with E-state index in [2.05, 4.69) is 10.1 Å². The van der Waals surface area contributed by atoms with Crippen LogP contribution in [-0.4, -0.2) is 35.4 Å². The lowest BCUT2D eigenvalue weighted by molar-refractivity contribution is -0.135. The van der Waals surface area contributed by atoms with Gasteiger partial charge < -0.3 is 19.1 Å². The van der Waals surface area contributed by atoms with Gasteiger partial charge in [0.15, 0.2) is 11.5 Å². The molecule has 0 amide bonds. The molecule has 0 aliphatic heterocycles. The molecule has 1 N–H and O–H groups in total. The summed E-state index contributed by atoms with van der Waals surface area (Å²) in [5.74, 6) is 0.666. The number of benzene rings is 1. The average molecular weight is 386 g/mol. The Bertz CT molecular complexity index is 990. The van der Waals surface area contributed by atoms with Gasteiger partial charge in [0, 0.05) is 20.9 Å². The summed E-state index contributed by atoms with van der Waals surface area (Å²) in [6.45, 7) is 1.99. The van der Waals surface area contributed by atoms with E-state index in [4.69, 9.17) is 14.0 Å². The second-order valence-electron chi connectivity index (χ2n) is 5.68. The molecule has 0 aliphatic rings. The van der Waals surface area contributed by atoms with Gasteiger partial charge >= 0.3 is 5.97 Å². The van der Waals surface area contributed by atoms with Crippen molar-refractivity contribution >= 4 is 29.0 Å². The summed E-state index contributed by atoms with van der Waals surface area (Å²) in [6.07, 6.45) is 1.54. The van der Waals surface area contributed by atoms with Gasteiger partial charge in [-0.25, -0.2) is 0 Å². The highest BCUT2D eigenvalue weighted by atomic mass is 32.1. The molecule has 0 atom stereocenters. The summed E-state index contributed by atoms with van der Waals surface area (Å²) in [4.78, 5) is 17.7. The molecular weight excluding hydrogens is 368 g/mol. The Morgan fingerprint density at radius 2 is 2.00 bits per heavy atom. The fraction of sp³-hybridized carbons (Fsp3) is 0.211. The van der Waals surface area contributed by atoms with Gasteiger partial charge in [-0.3, -0.25) is 4.79 Å². The quantitative estimate of drug-likeness (QED) is 0.652. The molecule has 7 nitrogen and oxygen atoms in total. The van der Waals surface area contributed by atoms with Crippen LogP contribution in [0.15, 0.2) is 34.9 Å². The SMILES string of the molecule is COc1ccc(-c2noc(/C(=C/c3ccc(C)s3)CC(=O)O)n2)cc1OC. The molecule has 8 heteroatoms. The first kappa shape index (κ1) is 18.7. The summed E-state index contributed by atoms with van der Waals surface area (Å²) in [5, 5.41) is 13.2. The number of rotatable bonds is 7. The first-order valence-corrected chi connectivity index (χ1v) is 8.87. The molecule has 27 heavy (non-hydrogen) atoms. The van der Waals surface area contributed by atoms with E-state index >= 15 is 0 Å². The van der Waals surface area contributed by atoms with Gasteiger partial charge in [-0.2, -0.15) is 4.98 Å². The second-order valence-corrected chi connectivity index (χ2v) is 7.00. The number of methoxy groups -OCH3 is 2. The molecule has 0 aliphatic carbocycles. The van der Waals surface area contributed by atoms with Gasteiger partial charge in [0.25, 0.3) is 5.89 Å². The number of hydrogen-bond donors (Lipinski definition) is 1. The van der Waals surface area contributed by atoms with Gasteiger partial charge in [-0.15, -0.1) is 11.3 Å². The van der Waals surface area contributed by atoms with Crippen molar-refractivity contribution in [2.45, 2.75) is 13.3 Å². The third-order valence-corrected chi connectivity index (χ3v) is 4.71. The van der Waals surface area contributed by atoms with E-state index in [0.29, 0.717) is 28.5 Å². The van der Waals surface area contributed by atoms with Crippen molar-refractivity contribution in [3.05, 3.63) is 46.0 Å². The second kappa shape index (κ2) is 8.05. The van der Waals surface area contributed by atoms with Crippen LogP contribution in [-0.2, 0) is 4.79 Å². The lowest BCUT2D eigenvalue weighted by atomic mass is 10.1. The minimum absolute atomic E-state index is 0.174. The maximum Gasteiger partial charge on any atom is 0.308 e. The molecule has 0 saturated heterocycles. The first-order chi connectivity index (χ1) is 13.0. The molecular formula is C19H18N2O5S. The maximum absolute atomic E-state index is 11.3. The average Bonchev–Trinajstić information content (AvgIpc) is 3.29. The summed E-state index contributed by atoms with van der Waals surface area (Å²) >= 11 is 1.56. The number of carbonyl (C=O) groups is 1. The Morgan fingerprint density at radius 1 is 1.22 bits per heavy atom. The van der Waals surface area contributed by atoms with Crippen molar-refractivity contribution in [2.24, 2.45) is 0 Å². The van der Waals surface area contributed by atoms with Crippen LogP contribution < -0.4 is 9.47 Å². The van der Waals surface area contributed by atoms with Crippen LogP contribution in [0.3, 0.4) is 0 Å². The number of aromatic nitrogens is 2.